The van der Waals surface area contributed by atoms with E-state index in [0.29, 0.717) is 12.1 Å². The van der Waals surface area contributed by atoms with E-state index in [1.165, 1.54) is 17.0 Å². The molecule has 8 heteroatoms. The molecule has 5 nitrogen and oxygen atoms in total. The third kappa shape index (κ3) is 4.28. The fourth-order valence-corrected chi connectivity index (χ4v) is 4.27. The van der Waals surface area contributed by atoms with E-state index in [9.17, 15) is 18.0 Å². The lowest BCUT2D eigenvalue weighted by atomic mass is 10.0. The zero-order chi connectivity index (χ0) is 23.9. The van der Waals surface area contributed by atoms with Gasteiger partial charge in [-0.2, -0.15) is 5.10 Å². The van der Waals surface area contributed by atoms with Crippen molar-refractivity contribution in [2.75, 3.05) is 13.1 Å². The van der Waals surface area contributed by atoms with Gasteiger partial charge in [-0.1, -0.05) is 12.1 Å². The van der Waals surface area contributed by atoms with Gasteiger partial charge in [0.15, 0.2) is 0 Å². The summed E-state index contributed by atoms with van der Waals surface area (Å²) in [6.45, 7) is 0.394. The van der Waals surface area contributed by atoms with Crippen molar-refractivity contribution in [1.82, 2.24) is 14.5 Å². The zero-order valence-corrected chi connectivity index (χ0v) is 18.3. The highest BCUT2D eigenvalue weighted by atomic mass is 19.3. The first-order chi connectivity index (χ1) is 16.3. The van der Waals surface area contributed by atoms with E-state index < -0.39 is 5.92 Å². The van der Waals surface area contributed by atoms with Crippen molar-refractivity contribution in [3.8, 4) is 22.4 Å². The Morgan fingerprint density at radius 3 is 2.21 bits per heavy atom. The number of hydrogen-bond donors (Lipinski definition) is 1. The van der Waals surface area contributed by atoms with Crippen molar-refractivity contribution in [3.05, 3.63) is 83.8 Å². The summed E-state index contributed by atoms with van der Waals surface area (Å²) in [6, 6.07) is 19.1. The standard InChI is InChI=1S/C26H23F3N4O/c27-21-7-5-18(6-8-21)24-14-20(13-23-15-22(16-30)31-33(23)24)17-1-3-19(4-2-17)25(34)32-11-9-26(28,29)10-12-32/h1-8,13-15H,9-12,16,30H2. The second-order valence-electron chi connectivity index (χ2n) is 8.54. The van der Waals surface area contributed by atoms with Crippen LogP contribution in [-0.2, 0) is 6.54 Å². The molecule has 0 radical (unpaired) electrons. The van der Waals surface area contributed by atoms with E-state index in [0.717, 1.165) is 33.6 Å². The number of halogens is 3. The molecule has 0 bridgehead atoms. The van der Waals surface area contributed by atoms with E-state index in [1.54, 1.807) is 28.8 Å². The van der Waals surface area contributed by atoms with E-state index in [2.05, 4.69) is 5.10 Å². The molecule has 1 amide bonds. The highest BCUT2D eigenvalue weighted by molar-refractivity contribution is 5.95. The number of carbonyl (C=O) groups excluding carboxylic acids is 1. The first-order valence-corrected chi connectivity index (χ1v) is 11.1. The molecule has 1 fully saturated rings. The van der Waals surface area contributed by atoms with Gasteiger partial charge in [0.05, 0.1) is 16.9 Å². The number of aromatic nitrogens is 2. The molecule has 2 aromatic carbocycles. The summed E-state index contributed by atoms with van der Waals surface area (Å²) < 4.78 is 42.1. The topological polar surface area (TPSA) is 63.6 Å². The fourth-order valence-electron chi connectivity index (χ4n) is 4.27. The van der Waals surface area contributed by atoms with E-state index in [-0.39, 0.29) is 37.7 Å². The Hall–Kier alpha value is -3.65. The molecule has 0 aliphatic carbocycles. The molecule has 0 spiro atoms. The van der Waals surface area contributed by atoms with Gasteiger partial charge in [-0.05, 0) is 65.7 Å². The molecule has 1 saturated heterocycles. The summed E-state index contributed by atoms with van der Waals surface area (Å²) >= 11 is 0. The van der Waals surface area contributed by atoms with Crippen LogP contribution in [0.15, 0.2) is 66.7 Å². The number of nitrogens with zero attached hydrogens (tertiary/aromatic N) is 3. The third-order valence-corrected chi connectivity index (χ3v) is 6.21. The molecule has 4 aromatic rings. The average Bonchev–Trinajstić information content (AvgIpc) is 3.27. The lowest BCUT2D eigenvalue weighted by Crippen LogP contribution is -2.42. The molecular formula is C26H23F3N4O. The van der Waals surface area contributed by atoms with Crippen LogP contribution >= 0.6 is 0 Å². The fraction of sp³-hybridized carbons (Fsp3) is 0.231. The Balaban J connectivity index is 1.48. The molecular weight excluding hydrogens is 441 g/mol. The van der Waals surface area contributed by atoms with Crippen LogP contribution in [0.1, 0.15) is 28.9 Å². The maximum absolute atomic E-state index is 13.5. The molecule has 0 atom stereocenters. The molecule has 2 aromatic heterocycles. The van der Waals surface area contributed by atoms with Crippen LogP contribution < -0.4 is 5.73 Å². The Labute approximate surface area is 194 Å². The maximum Gasteiger partial charge on any atom is 0.253 e. The average molecular weight is 464 g/mol. The normalized spacial score (nSPS) is 15.6. The molecule has 0 saturated carbocycles. The number of benzene rings is 2. The molecule has 34 heavy (non-hydrogen) atoms. The first kappa shape index (κ1) is 22.2. The summed E-state index contributed by atoms with van der Waals surface area (Å²) in [5.41, 5.74) is 11.2. The van der Waals surface area contributed by atoms with Crippen LogP contribution in [0.3, 0.4) is 0 Å². The number of amides is 1. The summed E-state index contributed by atoms with van der Waals surface area (Å²) in [4.78, 5) is 14.2. The largest absolute Gasteiger partial charge is 0.338 e. The highest BCUT2D eigenvalue weighted by Crippen LogP contribution is 2.31. The summed E-state index contributed by atoms with van der Waals surface area (Å²) in [6.07, 6.45) is -0.613. The van der Waals surface area contributed by atoms with Gasteiger partial charge in [-0.25, -0.2) is 17.7 Å². The minimum absolute atomic E-state index is 0.0516. The van der Waals surface area contributed by atoms with Crippen molar-refractivity contribution in [2.24, 2.45) is 5.73 Å². The number of likely N-dealkylation sites (tertiary alicyclic amines) is 1. The number of hydrogen-bond acceptors (Lipinski definition) is 3. The predicted molar refractivity (Wildman–Crippen MR) is 124 cm³/mol. The number of carbonyl (C=O) groups is 1. The van der Waals surface area contributed by atoms with Crippen LogP contribution in [0.5, 0.6) is 0 Å². The van der Waals surface area contributed by atoms with E-state index >= 15 is 0 Å². The second kappa shape index (κ2) is 8.61. The van der Waals surface area contributed by atoms with Crippen LogP contribution in [0, 0.1) is 5.82 Å². The third-order valence-electron chi connectivity index (χ3n) is 6.21. The van der Waals surface area contributed by atoms with Crippen LogP contribution in [0.2, 0.25) is 0 Å². The Morgan fingerprint density at radius 2 is 1.56 bits per heavy atom. The van der Waals surface area contributed by atoms with Crippen LogP contribution in [-0.4, -0.2) is 39.4 Å². The van der Waals surface area contributed by atoms with Gasteiger partial charge in [0.1, 0.15) is 5.82 Å². The van der Waals surface area contributed by atoms with Gasteiger partial charge in [0.25, 0.3) is 11.8 Å². The van der Waals surface area contributed by atoms with Gasteiger partial charge in [0.2, 0.25) is 0 Å². The molecule has 1 aliphatic heterocycles. The van der Waals surface area contributed by atoms with Crippen LogP contribution in [0.25, 0.3) is 27.9 Å². The molecule has 2 N–H and O–H groups in total. The second-order valence-corrected chi connectivity index (χ2v) is 8.54. The number of nitrogens with two attached hydrogens (primary N) is 1. The van der Waals surface area contributed by atoms with Crippen molar-refractivity contribution >= 4 is 11.4 Å². The van der Waals surface area contributed by atoms with Crippen LogP contribution in [0.4, 0.5) is 13.2 Å². The maximum atomic E-state index is 13.5. The SMILES string of the molecule is NCc1cc2cc(-c3ccc(C(=O)N4CCC(F)(F)CC4)cc3)cc(-c3ccc(F)cc3)n2n1. The minimum Gasteiger partial charge on any atom is -0.338 e. The number of piperidine rings is 1. The number of fused-ring (bicyclic) bond motifs is 1. The van der Waals surface area contributed by atoms with Crippen molar-refractivity contribution in [2.45, 2.75) is 25.3 Å². The Bertz CT molecular complexity index is 1340. The van der Waals surface area contributed by atoms with Gasteiger partial charge in [0, 0.05) is 43.6 Å². The summed E-state index contributed by atoms with van der Waals surface area (Å²) in [5.74, 6) is -3.26. The molecule has 0 unspecified atom stereocenters. The Morgan fingerprint density at radius 1 is 0.912 bits per heavy atom. The number of alkyl halides is 2. The van der Waals surface area contributed by atoms with E-state index in [1.807, 2.05) is 30.3 Å². The molecule has 1 aliphatic rings. The molecule has 174 valence electrons. The highest BCUT2D eigenvalue weighted by Gasteiger charge is 2.35. The first-order valence-electron chi connectivity index (χ1n) is 11.1. The summed E-state index contributed by atoms with van der Waals surface area (Å²) in [5, 5.41) is 4.56. The van der Waals surface area contributed by atoms with Gasteiger partial charge < -0.3 is 10.6 Å². The molecule has 3 heterocycles. The lowest BCUT2D eigenvalue weighted by molar-refractivity contribution is -0.0494. The summed E-state index contributed by atoms with van der Waals surface area (Å²) in [7, 11) is 0. The van der Waals surface area contributed by atoms with Gasteiger partial charge >= 0.3 is 0 Å². The zero-order valence-electron chi connectivity index (χ0n) is 18.3. The predicted octanol–water partition coefficient (Wildman–Crippen LogP) is 5.14. The lowest BCUT2D eigenvalue weighted by Gasteiger charge is -2.31. The monoisotopic (exact) mass is 464 g/mol. The van der Waals surface area contributed by atoms with Gasteiger partial charge in [-0.15, -0.1) is 0 Å². The van der Waals surface area contributed by atoms with E-state index in [4.69, 9.17) is 5.73 Å². The Kier molecular flexibility index (Phi) is 5.61. The number of pyridine rings is 1. The van der Waals surface area contributed by atoms with Crippen molar-refractivity contribution < 1.29 is 18.0 Å². The number of rotatable bonds is 4. The smallest absolute Gasteiger partial charge is 0.253 e. The quantitative estimate of drug-likeness (QED) is 0.455. The van der Waals surface area contributed by atoms with Crippen molar-refractivity contribution in [3.63, 3.8) is 0 Å². The molecule has 5 rings (SSSR count). The minimum atomic E-state index is -2.70. The van der Waals surface area contributed by atoms with Gasteiger partial charge in [-0.3, -0.25) is 4.79 Å². The van der Waals surface area contributed by atoms with Crippen molar-refractivity contribution in [1.29, 1.82) is 0 Å².